The Morgan fingerprint density at radius 2 is 1.79 bits per heavy atom. The second-order valence-corrected chi connectivity index (χ2v) is 4.04. The van der Waals surface area contributed by atoms with Crippen molar-refractivity contribution in [1.82, 2.24) is 0 Å². The van der Waals surface area contributed by atoms with E-state index in [1.165, 1.54) is 19.4 Å². The van der Waals surface area contributed by atoms with Crippen LogP contribution in [0.3, 0.4) is 0 Å². The van der Waals surface area contributed by atoms with E-state index in [0.29, 0.717) is 13.2 Å². The van der Waals surface area contributed by atoms with Gasteiger partial charge in [-0.3, -0.25) is 0 Å². The van der Waals surface area contributed by atoms with Crippen molar-refractivity contribution in [3.8, 4) is 0 Å². The molecule has 0 unspecified atom stereocenters. The molecule has 3 nitrogen and oxygen atoms in total. The highest BCUT2D eigenvalue weighted by Gasteiger charge is 2.13. The molecule has 14 heavy (non-hydrogen) atoms. The Kier molecular flexibility index (Phi) is 12.3. The summed E-state index contributed by atoms with van der Waals surface area (Å²) in [5, 5.41) is 0. The van der Waals surface area contributed by atoms with Gasteiger partial charge in [0.05, 0.1) is 33.9 Å². The molecule has 4 heteroatoms. The number of nitrogens with zero attached hydrogens (tertiary/aromatic N) is 1. The molecule has 0 bridgehead atoms. The molecular formula is C10H24INO2. The third-order valence-corrected chi connectivity index (χ3v) is 1.99. The fraction of sp³-hybridized carbons (Fsp3) is 1.00. The predicted octanol–water partition coefficient (Wildman–Crippen LogP) is -1.51. The van der Waals surface area contributed by atoms with Gasteiger partial charge in [0.25, 0.3) is 0 Å². The molecule has 0 N–H and O–H groups in total. The molecule has 0 spiro atoms. The van der Waals surface area contributed by atoms with E-state index in [4.69, 9.17) is 9.47 Å². The highest BCUT2D eigenvalue weighted by Crippen LogP contribution is 2.01. The van der Waals surface area contributed by atoms with Crippen LogP contribution in [0.2, 0.25) is 0 Å². The first kappa shape index (κ1) is 17.0. The molecule has 0 atom stereocenters. The average molecular weight is 317 g/mol. The van der Waals surface area contributed by atoms with Gasteiger partial charge in [0.15, 0.2) is 6.73 Å². The van der Waals surface area contributed by atoms with Gasteiger partial charge >= 0.3 is 0 Å². The number of hydrogen-bond acceptors (Lipinski definition) is 2. The van der Waals surface area contributed by atoms with Crippen LogP contribution in [0, 0.1) is 0 Å². The van der Waals surface area contributed by atoms with Crippen molar-refractivity contribution in [3.63, 3.8) is 0 Å². The fourth-order valence-electron chi connectivity index (χ4n) is 1.10. The van der Waals surface area contributed by atoms with Gasteiger partial charge in [0.1, 0.15) is 0 Å². The van der Waals surface area contributed by atoms with Crippen LogP contribution in [0.4, 0.5) is 0 Å². The van der Waals surface area contributed by atoms with Gasteiger partial charge in [-0.25, -0.2) is 0 Å². The van der Waals surface area contributed by atoms with Crippen LogP contribution in [0.15, 0.2) is 0 Å². The van der Waals surface area contributed by atoms with Crippen molar-refractivity contribution in [2.75, 3.05) is 47.7 Å². The van der Waals surface area contributed by atoms with Gasteiger partial charge in [-0.1, -0.05) is 13.3 Å². The van der Waals surface area contributed by atoms with Gasteiger partial charge in [0.2, 0.25) is 0 Å². The normalized spacial score (nSPS) is 11.1. The second-order valence-electron chi connectivity index (χ2n) is 4.04. The highest BCUT2D eigenvalue weighted by molar-refractivity contribution is 4.32. The van der Waals surface area contributed by atoms with Gasteiger partial charge in [0, 0.05) is 7.11 Å². The predicted molar refractivity (Wildman–Crippen MR) is 54.6 cm³/mol. The summed E-state index contributed by atoms with van der Waals surface area (Å²) >= 11 is 0. The van der Waals surface area contributed by atoms with Crippen LogP contribution < -0.4 is 24.0 Å². The second kappa shape index (κ2) is 10.1. The van der Waals surface area contributed by atoms with E-state index in [2.05, 4.69) is 21.0 Å². The van der Waals surface area contributed by atoms with Gasteiger partial charge < -0.3 is 37.9 Å². The van der Waals surface area contributed by atoms with Crippen molar-refractivity contribution in [2.24, 2.45) is 0 Å². The smallest absolute Gasteiger partial charge is 0.182 e. The van der Waals surface area contributed by atoms with Crippen molar-refractivity contribution in [2.45, 2.75) is 19.8 Å². The third-order valence-electron chi connectivity index (χ3n) is 1.99. The first-order chi connectivity index (χ1) is 6.12. The maximum atomic E-state index is 5.48. The lowest BCUT2D eigenvalue weighted by molar-refractivity contribution is -0.909. The van der Waals surface area contributed by atoms with Crippen LogP contribution in [0.25, 0.3) is 0 Å². The largest absolute Gasteiger partial charge is 1.00 e. The fourth-order valence-corrected chi connectivity index (χ4v) is 1.10. The molecule has 0 aromatic carbocycles. The molecule has 0 fully saturated rings. The zero-order chi connectivity index (χ0) is 10.2. The zero-order valence-corrected chi connectivity index (χ0v) is 12.0. The van der Waals surface area contributed by atoms with Crippen LogP contribution in [0.1, 0.15) is 19.8 Å². The number of unbranched alkanes of at least 4 members (excludes halogenated alkanes) is 1. The van der Waals surface area contributed by atoms with Crippen LogP contribution >= 0.6 is 0 Å². The summed E-state index contributed by atoms with van der Waals surface area (Å²) in [6.45, 7) is 5.57. The molecule has 0 aliphatic carbocycles. The van der Waals surface area contributed by atoms with E-state index in [9.17, 15) is 0 Å². The first-order valence-corrected chi connectivity index (χ1v) is 5.01. The standard InChI is InChI=1S/C10H24NO2.HI/c1-5-6-7-11(2,3)10-13-9-8-12-4;/h5-10H2,1-4H3;1H/q+1;/p-1. The Balaban J connectivity index is 0. The Bertz CT molecular complexity index is 121. The van der Waals surface area contributed by atoms with E-state index in [1.807, 2.05) is 0 Å². The summed E-state index contributed by atoms with van der Waals surface area (Å²) in [7, 11) is 6.09. The van der Waals surface area contributed by atoms with E-state index in [1.54, 1.807) is 7.11 Å². The molecule has 0 aromatic rings. The van der Waals surface area contributed by atoms with Crippen molar-refractivity contribution >= 4 is 0 Å². The van der Waals surface area contributed by atoms with E-state index in [-0.39, 0.29) is 24.0 Å². The minimum absolute atomic E-state index is 0. The van der Waals surface area contributed by atoms with Crippen LogP contribution in [0.5, 0.6) is 0 Å². The van der Waals surface area contributed by atoms with Gasteiger partial charge in [-0.05, 0) is 6.42 Å². The molecule has 0 radical (unpaired) electrons. The molecule has 0 aromatic heterocycles. The Morgan fingerprint density at radius 1 is 1.14 bits per heavy atom. The number of ether oxygens (including phenoxy) is 2. The Labute approximate surface area is 105 Å². The number of methoxy groups -OCH3 is 1. The summed E-state index contributed by atoms with van der Waals surface area (Å²) in [5.41, 5.74) is 0. The maximum Gasteiger partial charge on any atom is 0.182 e. The number of hydrogen-bond donors (Lipinski definition) is 0. The number of halogens is 1. The molecular weight excluding hydrogens is 293 g/mol. The van der Waals surface area contributed by atoms with Crippen molar-refractivity contribution < 1.29 is 37.9 Å². The highest BCUT2D eigenvalue weighted by atomic mass is 127. The van der Waals surface area contributed by atoms with Crippen LogP contribution in [-0.4, -0.2) is 52.2 Å². The molecule has 88 valence electrons. The summed E-state index contributed by atoms with van der Waals surface area (Å²) in [6.07, 6.45) is 2.51. The van der Waals surface area contributed by atoms with Gasteiger partial charge in [-0.15, -0.1) is 0 Å². The monoisotopic (exact) mass is 317 g/mol. The molecule has 0 amide bonds. The summed E-state index contributed by atoms with van der Waals surface area (Å²) in [5.74, 6) is 0. The summed E-state index contributed by atoms with van der Waals surface area (Å²) in [4.78, 5) is 0. The van der Waals surface area contributed by atoms with E-state index >= 15 is 0 Å². The number of rotatable bonds is 8. The SMILES string of the molecule is CCCC[N+](C)(C)COCCOC.[I-]. The van der Waals surface area contributed by atoms with Gasteiger partial charge in [-0.2, -0.15) is 0 Å². The lowest BCUT2D eigenvalue weighted by atomic mass is 10.3. The summed E-state index contributed by atoms with van der Waals surface area (Å²) < 4.78 is 11.3. The van der Waals surface area contributed by atoms with Crippen LogP contribution in [-0.2, 0) is 9.47 Å². The summed E-state index contributed by atoms with van der Waals surface area (Å²) in [6, 6.07) is 0. The Hall–Kier alpha value is 0.610. The minimum atomic E-state index is 0. The number of quaternary nitrogens is 1. The quantitative estimate of drug-likeness (QED) is 0.235. The Morgan fingerprint density at radius 3 is 2.29 bits per heavy atom. The third kappa shape index (κ3) is 10.7. The first-order valence-electron chi connectivity index (χ1n) is 5.01. The van der Waals surface area contributed by atoms with E-state index in [0.717, 1.165) is 11.2 Å². The maximum absolute atomic E-state index is 5.48. The van der Waals surface area contributed by atoms with Crippen molar-refractivity contribution in [1.29, 1.82) is 0 Å². The lowest BCUT2D eigenvalue weighted by Gasteiger charge is -2.29. The molecule has 0 saturated carbocycles. The van der Waals surface area contributed by atoms with Crippen molar-refractivity contribution in [3.05, 3.63) is 0 Å². The van der Waals surface area contributed by atoms with E-state index < -0.39 is 0 Å². The molecule has 0 heterocycles. The topological polar surface area (TPSA) is 18.5 Å². The zero-order valence-electron chi connectivity index (χ0n) is 9.88. The molecule has 0 aliphatic rings. The average Bonchev–Trinajstić information content (AvgIpc) is 2.09. The molecule has 0 aliphatic heterocycles. The molecule has 0 rings (SSSR count). The minimum Gasteiger partial charge on any atom is -1.00 e. The molecule has 0 saturated heterocycles. The lowest BCUT2D eigenvalue weighted by Crippen LogP contribution is -3.00.